The predicted octanol–water partition coefficient (Wildman–Crippen LogP) is 3.07. The Morgan fingerprint density at radius 2 is 2.05 bits per heavy atom. The molecule has 3 rings (SSSR count). The van der Waals surface area contributed by atoms with Gasteiger partial charge in [-0.3, -0.25) is 0 Å². The SMILES string of the molecule is COC(=O)c1cc2c([nH]1)CC=C2c1ccc(F)c(F)c1. The number of H-pyrrole nitrogens is 1. The van der Waals surface area contributed by atoms with Gasteiger partial charge in [0.2, 0.25) is 0 Å². The van der Waals surface area contributed by atoms with Crippen LogP contribution in [0, 0.1) is 11.6 Å². The number of carbonyl (C=O) groups is 1. The van der Waals surface area contributed by atoms with Crippen LogP contribution in [0.2, 0.25) is 0 Å². The van der Waals surface area contributed by atoms with Crippen LogP contribution < -0.4 is 0 Å². The first-order valence-electron chi connectivity index (χ1n) is 6.06. The zero-order chi connectivity index (χ0) is 14.3. The van der Waals surface area contributed by atoms with E-state index >= 15 is 0 Å². The zero-order valence-electron chi connectivity index (χ0n) is 10.7. The lowest BCUT2D eigenvalue weighted by Crippen LogP contribution is -2.01. The molecule has 0 unspecified atom stereocenters. The van der Waals surface area contributed by atoms with Crippen LogP contribution in [0.15, 0.2) is 30.3 Å². The van der Waals surface area contributed by atoms with Crippen LogP contribution in [-0.4, -0.2) is 18.1 Å². The molecule has 0 bridgehead atoms. The van der Waals surface area contributed by atoms with Crippen molar-refractivity contribution in [2.24, 2.45) is 0 Å². The molecule has 0 fully saturated rings. The van der Waals surface area contributed by atoms with E-state index in [4.69, 9.17) is 0 Å². The van der Waals surface area contributed by atoms with E-state index in [0.717, 1.165) is 29.0 Å². The van der Waals surface area contributed by atoms with E-state index in [-0.39, 0.29) is 0 Å². The minimum atomic E-state index is -0.888. The normalized spacial score (nSPS) is 13.1. The topological polar surface area (TPSA) is 42.1 Å². The van der Waals surface area contributed by atoms with Crippen molar-refractivity contribution in [3.05, 3.63) is 64.5 Å². The number of hydrogen-bond donors (Lipinski definition) is 1. The van der Waals surface area contributed by atoms with Crippen molar-refractivity contribution < 1.29 is 18.3 Å². The molecule has 1 N–H and O–H groups in total. The van der Waals surface area contributed by atoms with Crippen LogP contribution in [0.1, 0.15) is 27.3 Å². The van der Waals surface area contributed by atoms with Crippen LogP contribution in [0.5, 0.6) is 0 Å². The summed E-state index contributed by atoms with van der Waals surface area (Å²) in [6.45, 7) is 0. The molecule has 20 heavy (non-hydrogen) atoms. The highest BCUT2D eigenvalue weighted by molar-refractivity contribution is 5.92. The largest absolute Gasteiger partial charge is 0.464 e. The average molecular weight is 275 g/mol. The summed E-state index contributed by atoms with van der Waals surface area (Å²) in [6, 6.07) is 5.43. The van der Waals surface area contributed by atoms with Crippen molar-refractivity contribution in [3.63, 3.8) is 0 Å². The Kier molecular flexibility index (Phi) is 2.89. The second-order valence-electron chi connectivity index (χ2n) is 4.52. The van der Waals surface area contributed by atoms with Gasteiger partial charge in [-0.05, 0) is 29.3 Å². The summed E-state index contributed by atoms with van der Waals surface area (Å²) in [6.07, 6.45) is 2.52. The number of benzene rings is 1. The third-order valence-electron chi connectivity index (χ3n) is 3.34. The molecular weight excluding hydrogens is 264 g/mol. The first kappa shape index (κ1) is 12.6. The van der Waals surface area contributed by atoms with Crippen molar-refractivity contribution in [1.29, 1.82) is 0 Å². The van der Waals surface area contributed by atoms with Crippen LogP contribution in [0.25, 0.3) is 5.57 Å². The second-order valence-corrected chi connectivity index (χ2v) is 4.52. The fraction of sp³-hybridized carbons (Fsp3) is 0.133. The first-order valence-corrected chi connectivity index (χ1v) is 6.06. The number of esters is 1. The van der Waals surface area contributed by atoms with Crippen molar-refractivity contribution in [2.45, 2.75) is 6.42 Å². The van der Waals surface area contributed by atoms with E-state index < -0.39 is 17.6 Å². The zero-order valence-corrected chi connectivity index (χ0v) is 10.7. The highest BCUT2D eigenvalue weighted by Crippen LogP contribution is 2.33. The smallest absolute Gasteiger partial charge is 0.354 e. The minimum Gasteiger partial charge on any atom is -0.464 e. The van der Waals surface area contributed by atoms with Gasteiger partial charge < -0.3 is 9.72 Å². The molecule has 1 heterocycles. The number of aromatic amines is 1. The summed E-state index contributed by atoms with van der Waals surface area (Å²) in [7, 11) is 1.31. The predicted molar refractivity (Wildman–Crippen MR) is 69.3 cm³/mol. The molecule has 102 valence electrons. The van der Waals surface area contributed by atoms with Gasteiger partial charge in [0.05, 0.1) is 7.11 Å². The molecule has 0 saturated carbocycles. The molecule has 0 atom stereocenters. The number of aromatic nitrogens is 1. The maximum absolute atomic E-state index is 13.3. The lowest BCUT2D eigenvalue weighted by Gasteiger charge is -2.03. The first-order chi connectivity index (χ1) is 9.60. The molecule has 2 aromatic rings. The van der Waals surface area contributed by atoms with Crippen molar-refractivity contribution in [2.75, 3.05) is 7.11 Å². The van der Waals surface area contributed by atoms with Gasteiger partial charge in [-0.1, -0.05) is 12.1 Å². The van der Waals surface area contributed by atoms with E-state index in [9.17, 15) is 13.6 Å². The molecule has 1 aliphatic rings. The Morgan fingerprint density at radius 3 is 2.75 bits per heavy atom. The van der Waals surface area contributed by atoms with Crippen molar-refractivity contribution >= 4 is 11.5 Å². The Balaban J connectivity index is 2.01. The number of rotatable bonds is 2. The van der Waals surface area contributed by atoms with E-state index in [1.54, 1.807) is 6.07 Å². The fourth-order valence-corrected chi connectivity index (χ4v) is 2.37. The third-order valence-corrected chi connectivity index (χ3v) is 3.34. The maximum atomic E-state index is 13.3. The molecular formula is C15H11F2NO2. The Morgan fingerprint density at radius 1 is 1.25 bits per heavy atom. The van der Waals surface area contributed by atoms with E-state index in [1.165, 1.54) is 13.2 Å². The fourth-order valence-electron chi connectivity index (χ4n) is 2.37. The van der Waals surface area contributed by atoms with Crippen molar-refractivity contribution in [3.8, 4) is 0 Å². The van der Waals surface area contributed by atoms with Gasteiger partial charge in [0.1, 0.15) is 5.69 Å². The van der Waals surface area contributed by atoms with E-state index in [1.807, 2.05) is 6.08 Å². The molecule has 0 saturated heterocycles. The molecule has 3 nitrogen and oxygen atoms in total. The molecule has 5 heteroatoms. The third kappa shape index (κ3) is 1.91. The van der Waals surface area contributed by atoms with Crippen LogP contribution in [0.4, 0.5) is 8.78 Å². The maximum Gasteiger partial charge on any atom is 0.354 e. The summed E-state index contributed by atoms with van der Waals surface area (Å²) in [5.41, 5.74) is 3.40. The monoisotopic (exact) mass is 275 g/mol. The lowest BCUT2D eigenvalue weighted by atomic mass is 10.0. The number of carbonyl (C=O) groups excluding carboxylic acids is 1. The van der Waals surface area contributed by atoms with Gasteiger partial charge in [-0.25, -0.2) is 13.6 Å². The summed E-state index contributed by atoms with van der Waals surface area (Å²) >= 11 is 0. The Bertz CT molecular complexity index is 731. The number of nitrogens with one attached hydrogen (secondary N) is 1. The lowest BCUT2D eigenvalue weighted by molar-refractivity contribution is 0.0594. The second kappa shape index (κ2) is 4.59. The van der Waals surface area contributed by atoms with Gasteiger partial charge in [0.25, 0.3) is 0 Å². The standard InChI is InChI=1S/C15H11F2NO2/c1-20-15(19)14-7-10-9(3-5-13(10)18-14)8-2-4-11(16)12(17)6-8/h2-4,6-7,18H,5H2,1H3. The summed E-state index contributed by atoms with van der Waals surface area (Å²) in [5, 5.41) is 0. The average Bonchev–Trinajstić information content (AvgIpc) is 3.01. The van der Waals surface area contributed by atoms with Gasteiger partial charge in [0.15, 0.2) is 11.6 Å². The number of fused-ring (bicyclic) bond motifs is 1. The molecule has 1 aliphatic carbocycles. The Hall–Kier alpha value is -2.43. The van der Waals surface area contributed by atoms with Gasteiger partial charge in [-0.2, -0.15) is 0 Å². The van der Waals surface area contributed by atoms with E-state index in [0.29, 0.717) is 17.7 Å². The summed E-state index contributed by atoms with van der Waals surface area (Å²) in [5.74, 6) is -2.22. The molecule has 0 aliphatic heterocycles. The number of ether oxygens (including phenoxy) is 1. The molecule has 1 aromatic heterocycles. The highest BCUT2D eigenvalue weighted by atomic mass is 19.2. The van der Waals surface area contributed by atoms with Gasteiger partial charge >= 0.3 is 5.97 Å². The summed E-state index contributed by atoms with van der Waals surface area (Å²) in [4.78, 5) is 14.5. The number of hydrogen-bond acceptors (Lipinski definition) is 2. The van der Waals surface area contributed by atoms with Gasteiger partial charge in [0, 0.05) is 17.7 Å². The Labute approximate surface area is 113 Å². The summed E-state index contributed by atoms with van der Waals surface area (Å²) < 4.78 is 30.9. The minimum absolute atomic E-state index is 0.352. The van der Waals surface area contributed by atoms with Crippen LogP contribution in [0.3, 0.4) is 0 Å². The number of methoxy groups -OCH3 is 1. The van der Waals surface area contributed by atoms with Crippen molar-refractivity contribution in [1.82, 2.24) is 4.98 Å². The highest BCUT2D eigenvalue weighted by Gasteiger charge is 2.22. The van der Waals surface area contributed by atoms with Gasteiger partial charge in [-0.15, -0.1) is 0 Å². The van der Waals surface area contributed by atoms with Crippen LogP contribution in [-0.2, 0) is 11.2 Å². The van der Waals surface area contributed by atoms with E-state index in [2.05, 4.69) is 9.72 Å². The quantitative estimate of drug-likeness (QED) is 0.856. The molecule has 1 aromatic carbocycles. The number of halogens is 2. The molecule has 0 spiro atoms. The molecule has 0 amide bonds. The molecule has 0 radical (unpaired) electrons. The van der Waals surface area contributed by atoms with Crippen LogP contribution >= 0.6 is 0 Å². The number of allylic oxidation sites excluding steroid dienone is 1.